The topological polar surface area (TPSA) is 58.1 Å². The fourth-order valence-electron chi connectivity index (χ4n) is 4.70. The maximum Gasteiger partial charge on any atom is 0.191 e. The normalized spacial score (nSPS) is 22.3. The first-order valence-corrected chi connectivity index (χ1v) is 11.9. The minimum absolute atomic E-state index is 0. The van der Waals surface area contributed by atoms with Crippen molar-refractivity contribution in [1.29, 1.82) is 0 Å². The van der Waals surface area contributed by atoms with Gasteiger partial charge in [-0.15, -0.1) is 24.0 Å². The molecule has 0 radical (unpaired) electrons. The molecule has 6 nitrogen and oxygen atoms in total. The number of benzene rings is 1. The van der Waals surface area contributed by atoms with Crippen LogP contribution in [-0.2, 0) is 6.54 Å². The van der Waals surface area contributed by atoms with Gasteiger partial charge in [-0.05, 0) is 70.4 Å². The second kappa shape index (κ2) is 12.1. The number of likely N-dealkylation sites (tertiary alicyclic amines) is 1. The minimum Gasteiger partial charge on any atom is -0.493 e. The number of hydrogen-bond acceptors (Lipinski definition) is 4. The second-order valence-corrected chi connectivity index (χ2v) is 8.93. The van der Waals surface area contributed by atoms with E-state index in [4.69, 9.17) is 14.5 Å². The molecule has 7 heteroatoms. The molecule has 4 rings (SSSR count). The molecule has 1 aromatic carbocycles. The predicted octanol–water partition coefficient (Wildman–Crippen LogP) is 4.17. The molecule has 2 aliphatic carbocycles. The van der Waals surface area contributed by atoms with Gasteiger partial charge in [0.05, 0.1) is 19.8 Å². The lowest BCUT2D eigenvalue weighted by molar-refractivity contribution is 0.198. The maximum absolute atomic E-state index is 6.36. The quantitative estimate of drug-likeness (QED) is 0.279. The fourth-order valence-corrected chi connectivity index (χ4v) is 4.70. The Morgan fingerprint density at radius 1 is 1.13 bits per heavy atom. The van der Waals surface area contributed by atoms with Crippen LogP contribution in [0.5, 0.6) is 11.5 Å². The Kier molecular flexibility index (Phi) is 9.56. The minimum atomic E-state index is 0. The molecule has 1 saturated heterocycles. The van der Waals surface area contributed by atoms with Crippen molar-refractivity contribution in [2.24, 2.45) is 10.9 Å². The van der Waals surface area contributed by atoms with Gasteiger partial charge < -0.3 is 25.0 Å². The maximum atomic E-state index is 6.36. The van der Waals surface area contributed by atoms with Crippen LogP contribution in [0.15, 0.2) is 23.2 Å². The van der Waals surface area contributed by atoms with Crippen LogP contribution in [0.4, 0.5) is 0 Å². The Morgan fingerprint density at radius 2 is 1.94 bits per heavy atom. The van der Waals surface area contributed by atoms with E-state index in [1.807, 2.05) is 12.1 Å². The first kappa shape index (κ1) is 24.4. The lowest BCUT2D eigenvalue weighted by atomic mass is 10.1. The molecule has 3 fully saturated rings. The summed E-state index contributed by atoms with van der Waals surface area (Å²) in [6.07, 6.45) is 9.15. The SMILES string of the molecule is CCNC(=NCc1cccc(OC)c1OC1CCCC1)NCC1CCN(C2CC2)C1.I. The van der Waals surface area contributed by atoms with E-state index in [9.17, 15) is 0 Å². The highest BCUT2D eigenvalue weighted by molar-refractivity contribution is 14.0. The highest BCUT2D eigenvalue weighted by Gasteiger charge is 2.34. The van der Waals surface area contributed by atoms with E-state index in [1.54, 1.807) is 7.11 Å². The van der Waals surface area contributed by atoms with Gasteiger partial charge in [0.15, 0.2) is 17.5 Å². The van der Waals surface area contributed by atoms with E-state index in [2.05, 4.69) is 28.5 Å². The van der Waals surface area contributed by atoms with Gasteiger partial charge in [0.1, 0.15) is 0 Å². The standard InChI is InChI=1S/C24H38N4O2.HI/c1-3-25-24(26-15-18-13-14-28(17-18)20-11-12-20)27-16-19-7-6-10-22(29-2)23(19)30-21-8-4-5-9-21;/h6-7,10,18,20-21H,3-5,8-9,11-17H2,1-2H3,(H2,25,26,27);1H. The summed E-state index contributed by atoms with van der Waals surface area (Å²) in [6, 6.07) is 6.98. The number of ether oxygens (including phenoxy) is 2. The molecule has 0 aromatic heterocycles. The predicted molar refractivity (Wildman–Crippen MR) is 137 cm³/mol. The lowest BCUT2D eigenvalue weighted by Crippen LogP contribution is -2.40. The average molecular weight is 543 g/mol. The Balaban J connectivity index is 0.00000272. The van der Waals surface area contributed by atoms with E-state index in [1.165, 1.54) is 45.2 Å². The van der Waals surface area contributed by atoms with E-state index >= 15 is 0 Å². The number of halogens is 1. The van der Waals surface area contributed by atoms with Gasteiger partial charge in [-0.2, -0.15) is 0 Å². The number of para-hydroxylation sites is 1. The van der Waals surface area contributed by atoms with Gasteiger partial charge >= 0.3 is 0 Å². The van der Waals surface area contributed by atoms with Crippen LogP contribution in [0.25, 0.3) is 0 Å². The van der Waals surface area contributed by atoms with Crippen molar-refractivity contribution in [2.45, 2.75) is 70.6 Å². The fraction of sp³-hybridized carbons (Fsp3) is 0.708. The Hall–Kier alpha value is -1.22. The number of methoxy groups -OCH3 is 1. The average Bonchev–Trinajstić information content (AvgIpc) is 3.28. The van der Waals surface area contributed by atoms with Crippen molar-refractivity contribution in [1.82, 2.24) is 15.5 Å². The van der Waals surface area contributed by atoms with Crippen molar-refractivity contribution in [3.63, 3.8) is 0 Å². The Labute approximate surface area is 204 Å². The van der Waals surface area contributed by atoms with Gasteiger partial charge in [0, 0.05) is 31.2 Å². The first-order valence-electron chi connectivity index (χ1n) is 11.9. The van der Waals surface area contributed by atoms with E-state index < -0.39 is 0 Å². The van der Waals surface area contributed by atoms with Gasteiger partial charge in [-0.1, -0.05) is 12.1 Å². The van der Waals surface area contributed by atoms with Gasteiger partial charge in [-0.3, -0.25) is 0 Å². The zero-order valence-corrected chi connectivity index (χ0v) is 21.4. The van der Waals surface area contributed by atoms with Crippen molar-refractivity contribution in [3.05, 3.63) is 23.8 Å². The molecule has 3 aliphatic rings. The van der Waals surface area contributed by atoms with Crippen LogP contribution in [0, 0.1) is 5.92 Å². The van der Waals surface area contributed by atoms with Crippen LogP contribution in [0.3, 0.4) is 0 Å². The molecule has 1 aromatic rings. The summed E-state index contributed by atoms with van der Waals surface area (Å²) in [7, 11) is 1.71. The lowest BCUT2D eigenvalue weighted by Gasteiger charge is -2.19. The molecular weight excluding hydrogens is 503 g/mol. The molecule has 31 heavy (non-hydrogen) atoms. The van der Waals surface area contributed by atoms with Gasteiger partial charge in [0.25, 0.3) is 0 Å². The van der Waals surface area contributed by atoms with Crippen LogP contribution in [-0.4, -0.2) is 56.3 Å². The number of hydrogen-bond donors (Lipinski definition) is 2. The van der Waals surface area contributed by atoms with Crippen molar-refractivity contribution < 1.29 is 9.47 Å². The van der Waals surface area contributed by atoms with Crippen LogP contribution in [0.2, 0.25) is 0 Å². The molecule has 174 valence electrons. The third-order valence-electron chi connectivity index (χ3n) is 6.56. The molecule has 1 heterocycles. The van der Waals surface area contributed by atoms with Crippen LogP contribution < -0.4 is 20.1 Å². The van der Waals surface area contributed by atoms with Crippen molar-refractivity contribution in [3.8, 4) is 11.5 Å². The summed E-state index contributed by atoms with van der Waals surface area (Å²) in [6.45, 7) is 7.02. The van der Waals surface area contributed by atoms with Gasteiger partial charge in [0.2, 0.25) is 0 Å². The third-order valence-corrected chi connectivity index (χ3v) is 6.56. The van der Waals surface area contributed by atoms with Crippen molar-refractivity contribution in [2.75, 3.05) is 33.3 Å². The molecule has 0 bridgehead atoms. The highest BCUT2D eigenvalue weighted by atomic mass is 127. The summed E-state index contributed by atoms with van der Waals surface area (Å²) in [4.78, 5) is 7.53. The monoisotopic (exact) mass is 542 g/mol. The number of nitrogens with zero attached hydrogens (tertiary/aromatic N) is 2. The number of rotatable bonds is 9. The summed E-state index contributed by atoms with van der Waals surface area (Å²) in [5.41, 5.74) is 1.08. The molecule has 1 atom stereocenters. The Morgan fingerprint density at radius 3 is 2.65 bits per heavy atom. The van der Waals surface area contributed by atoms with Gasteiger partial charge in [-0.25, -0.2) is 4.99 Å². The smallest absolute Gasteiger partial charge is 0.191 e. The number of aliphatic imine (C=N–C) groups is 1. The Bertz CT molecular complexity index is 720. The molecular formula is C24H39IN4O2. The van der Waals surface area contributed by atoms with Crippen LogP contribution >= 0.6 is 24.0 Å². The van der Waals surface area contributed by atoms with E-state index in [-0.39, 0.29) is 24.0 Å². The van der Waals surface area contributed by atoms with Crippen molar-refractivity contribution >= 4 is 29.9 Å². The summed E-state index contributed by atoms with van der Waals surface area (Å²) >= 11 is 0. The van der Waals surface area contributed by atoms with E-state index in [0.717, 1.165) is 55.0 Å². The second-order valence-electron chi connectivity index (χ2n) is 8.93. The molecule has 2 saturated carbocycles. The largest absolute Gasteiger partial charge is 0.493 e. The zero-order valence-electron chi connectivity index (χ0n) is 19.1. The molecule has 0 amide bonds. The first-order chi connectivity index (χ1) is 14.8. The number of guanidine groups is 1. The molecule has 0 spiro atoms. The summed E-state index contributed by atoms with van der Waals surface area (Å²) in [5, 5.41) is 6.97. The third kappa shape index (κ3) is 6.88. The van der Waals surface area contributed by atoms with Crippen LogP contribution in [0.1, 0.15) is 57.4 Å². The van der Waals surface area contributed by atoms with E-state index in [0.29, 0.717) is 18.6 Å². The zero-order chi connectivity index (χ0) is 20.8. The molecule has 1 unspecified atom stereocenters. The summed E-state index contributed by atoms with van der Waals surface area (Å²) < 4.78 is 12.0. The molecule has 1 aliphatic heterocycles. The number of nitrogens with one attached hydrogen (secondary N) is 2. The summed E-state index contributed by atoms with van der Waals surface area (Å²) in [5.74, 6) is 3.27. The molecule has 2 N–H and O–H groups in total. The highest BCUT2D eigenvalue weighted by Crippen LogP contribution is 2.35.